The molecule has 0 saturated carbocycles. The minimum absolute atomic E-state index is 0.0391. The maximum atomic E-state index is 13.1. The third kappa shape index (κ3) is 3.55. The Bertz CT molecular complexity index is 591. The van der Waals surface area contributed by atoms with Crippen molar-refractivity contribution in [2.45, 2.75) is 13.2 Å². The summed E-state index contributed by atoms with van der Waals surface area (Å²) in [6, 6.07) is 10.5. The van der Waals surface area contributed by atoms with Gasteiger partial charge < -0.3 is 15.6 Å². The molecule has 0 radical (unpaired) electrons. The number of hydrogen-bond donors (Lipinski definition) is 2. The van der Waals surface area contributed by atoms with Gasteiger partial charge in [0, 0.05) is 5.69 Å². The Kier molecular flexibility index (Phi) is 4.32. The minimum Gasteiger partial charge on any atom is -0.457 e. The minimum atomic E-state index is -0.637. The van der Waals surface area contributed by atoms with E-state index in [0.29, 0.717) is 0 Å². The van der Waals surface area contributed by atoms with Gasteiger partial charge in [0.1, 0.15) is 12.4 Å². The third-order valence-corrected chi connectivity index (χ3v) is 2.73. The van der Waals surface area contributed by atoms with E-state index in [-0.39, 0.29) is 24.5 Å². The summed E-state index contributed by atoms with van der Waals surface area (Å²) in [4.78, 5) is 11.8. The highest BCUT2D eigenvalue weighted by Gasteiger charge is 2.09. The van der Waals surface area contributed by atoms with E-state index in [1.54, 1.807) is 24.3 Å². The van der Waals surface area contributed by atoms with Gasteiger partial charge >= 0.3 is 5.97 Å². The Balaban J connectivity index is 2.00. The summed E-state index contributed by atoms with van der Waals surface area (Å²) in [6.07, 6.45) is 0. The number of rotatable bonds is 4. The molecule has 0 atom stereocenters. The maximum Gasteiger partial charge on any atom is 0.338 e. The Morgan fingerprint density at radius 2 is 1.80 bits per heavy atom. The molecular formula is C15H14FNO3. The number of nitrogen functional groups attached to an aromatic ring is 1. The van der Waals surface area contributed by atoms with Crippen LogP contribution in [0.15, 0.2) is 42.5 Å². The van der Waals surface area contributed by atoms with Gasteiger partial charge in [0.25, 0.3) is 0 Å². The van der Waals surface area contributed by atoms with Gasteiger partial charge in [-0.2, -0.15) is 0 Å². The number of ether oxygens (including phenoxy) is 1. The highest BCUT2D eigenvalue weighted by Crippen LogP contribution is 2.13. The zero-order valence-corrected chi connectivity index (χ0v) is 10.7. The molecule has 2 aromatic rings. The van der Waals surface area contributed by atoms with Crippen molar-refractivity contribution >= 4 is 11.7 Å². The van der Waals surface area contributed by atoms with Gasteiger partial charge in [-0.25, -0.2) is 9.18 Å². The van der Waals surface area contributed by atoms with Crippen LogP contribution in [0.2, 0.25) is 0 Å². The van der Waals surface area contributed by atoms with E-state index >= 15 is 0 Å². The van der Waals surface area contributed by atoms with E-state index in [1.165, 1.54) is 6.07 Å². The van der Waals surface area contributed by atoms with Gasteiger partial charge in [-0.1, -0.05) is 24.3 Å². The number of halogens is 1. The molecule has 0 heterocycles. The summed E-state index contributed by atoms with van der Waals surface area (Å²) >= 11 is 0. The molecule has 4 nitrogen and oxygen atoms in total. The maximum absolute atomic E-state index is 13.1. The van der Waals surface area contributed by atoms with Crippen LogP contribution in [-0.2, 0) is 18.0 Å². The average molecular weight is 275 g/mol. The van der Waals surface area contributed by atoms with E-state index in [2.05, 4.69) is 0 Å². The molecule has 0 aliphatic carbocycles. The van der Waals surface area contributed by atoms with Crippen molar-refractivity contribution in [1.82, 2.24) is 0 Å². The van der Waals surface area contributed by atoms with Crippen LogP contribution in [0.25, 0.3) is 0 Å². The molecule has 0 saturated heterocycles. The third-order valence-electron chi connectivity index (χ3n) is 2.73. The number of anilines is 1. The van der Waals surface area contributed by atoms with E-state index in [9.17, 15) is 9.18 Å². The number of hydrogen-bond acceptors (Lipinski definition) is 4. The lowest BCUT2D eigenvalue weighted by Crippen LogP contribution is -2.06. The highest BCUT2D eigenvalue weighted by atomic mass is 19.1. The van der Waals surface area contributed by atoms with Gasteiger partial charge in [0.15, 0.2) is 0 Å². The predicted octanol–water partition coefficient (Wildman–Crippen LogP) is 2.26. The first-order chi connectivity index (χ1) is 9.58. The number of carbonyl (C=O) groups is 1. The van der Waals surface area contributed by atoms with Crippen LogP contribution in [0, 0.1) is 5.82 Å². The Morgan fingerprint density at radius 3 is 2.40 bits per heavy atom. The average Bonchev–Trinajstić information content (AvgIpc) is 2.44. The zero-order valence-electron chi connectivity index (χ0n) is 10.7. The van der Waals surface area contributed by atoms with E-state index < -0.39 is 11.8 Å². The van der Waals surface area contributed by atoms with Gasteiger partial charge in [-0.05, 0) is 29.3 Å². The fourth-order valence-electron chi connectivity index (χ4n) is 1.70. The standard InChI is InChI=1S/C15H14FNO3/c16-13-5-12(6-14(17)7-13)15(19)20-9-11-3-1-10(8-18)2-4-11/h1-7,18H,8-9,17H2. The molecular weight excluding hydrogens is 261 g/mol. The number of aliphatic hydroxyl groups is 1. The van der Waals surface area contributed by atoms with Crippen molar-refractivity contribution in [1.29, 1.82) is 0 Å². The van der Waals surface area contributed by atoms with Crippen molar-refractivity contribution in [2.75, 3.05) is 5.73 Å². The summed E-state index contributed by atoms with van der Waals surface area (Å²) in [5.74, 6) is -1.22. The van der Waals surface area contributed by atoms with Crippen LogP contribution in [0.5, 0.6) is 0 Å². The lowest BCUT2D eigenvalue weighted by atomic mass is 10.1. The molecule has 0 aliphatic rings. The molecule has 2 aromatic carbocycles. The lowest BCUT2D eigenvalue weighted by Gasteiger charge is -2.06. The summed E-state index contributed by atoms with van der Waals surface area (Å²) in [7, 11) is 0. The molecule has 0 amide bonds. The Hall–Kier alpha value is -2.40. The quantitative estimate of drug-likeness (QED) is 0.663. The molecule has 0 aromatic heterocycles. The molecule has 104 valence electrons. The fraction of sp³-hybridized carbons (Fsp3) is 0.133. The van der Waals surface area contributed by atoms with Gasteiger partial charge in [-0.15, -0.1) is 0 Å². The summed E-state index contributed by atoms with van der Waals surface area (Å²) in [6.45, 7) is 0.0313. The van der Waals surface area contributed by atoms with Crippen molar-refractivity contribution in [3.63, 3.8) is 0 Å². The number of nitrogens with two attached hydrogens (primary N) is 1. The first-order valence-corrected chi connectivity index (χ1v) is 6.00. The lowest BCUT2D eigenvalue weighted by molar-refractivity contribution is 0.0472. The van der Waals surface area contributed by atoms with Crippen LogP contribution in [0.1, 0.15) is 21.5 Å². The largest absolute Gasteiger partial charge is 0.457 e. The van der Waals surface area contributed by atoms with E-state index in [4.69, 9.17) is 15.6 Å². The second-order valence-electron chi connectivity index (χ2n) is 4.32. The van der Waals surface area contributed by atoms with Crippen molar-refractivity contribution < 1.29 is 19.0 Å². The SMILES string of the molecule is Nc1cc(F)cc(C(=O)OCc2ccc(CO)cc2)c1. The summed E-state index contributed by atoms with van der Waals surface area (Å²) < 4.78 is 18.2. The normalized spacial score (nSPS) is 10.3. The number of esters is 1. The Labute approximate surface area is 115 Å². The highest BCUT2D eigenvalue weighted by molar-refractivity contribution is 5.90. The van der Waals surface area contributed by atoms with Crippen molar-refractivity contribution in [3.05, 3.63) is 65.0 Å². The van der Waals surface area contributed by atoms with Gasteiger partial charge in [-0.3, -0.25) is 0 Å². The van der Waals surface area contributed by atoms with Crippen LogP contribution in [0.3, 0.4) is 0 Å². The number of aliphatic hydroxyl groups excluding tert-OH is 1. The zero-order chi connectivity index (χ0) is 14.5. The van der Waals surface area contributed by atoms with Crippen LogP contribution in [-0.4, -0.2) is 11.1 Å². The van der Waals surface area contributed by atoms with Gasteiger partial charge in [0.05, 0.1) is 12.2 Å². The second kappa shape index (κ2) is 6.16. The Morgan fingerprint density at radius 1 is 1.15 bits per heavy atom. The van der Waals surface area contributed by atoms with Crippen LogP contribution < -0.4 is 5.73 Å². The molecule has 0 spiro atoms. The summed E-state index contributed by atoms with van der Waals surface area (Å²) in [5, 5.41) is 8.91. The smallest absolute Gasteiger partial charge is 0.338 e. The number of benzene rings is 2. The van der Waals surface area contributed by atoms with E-state index in [1.807, 2.05) is 0 Å². The monoisotopic (exact) mass is 275 g/mol. The molecule has 0 unspecified atom stereocenters. The number of carbonyl (C=O) groups excluding carboxylic acids is 1. The van der Waals surface area contributed by atoms with Crippen LogP contribution >= 0.6 is 0 Å². The first kappa shape index (κ1) is 14.0. The molecule has 0 aliphatic heterocycles. The molecule has 20 heavy (non-hydrogen) atoms. The van der Waals surface area contributed by atoms with Crippen LogP contribution in [0.4, 0.5) is 10.1 Å². The molecule has 0 bridgehead atoms. The second-order valence-corrected chi connectivity index (χ2v) is 4.32. The van der Waals surface area contributed by atoms with E-state index in [0.717, 1.165) is 23.3 Å². The molecule has 3 N–H and O–H groups in total. The topological polar surface area (TPSA) is 72.6 Å². The first-order valence-electron chi connectivity index (χ1n) is 6.00. The summed E-state index contributed by atoms with van der Waals surface area (Å²) in [5.41, 5.74) is 7.27. The van der Waals surface area contributed by atoms with Crippen molar-refractivity contribution in [3.8, 4) is 0 Å². The molecule has 5 heteroatoms. The predicted molar refractivity (Wildman–Crippen MR) is 72.3 cm³/mol. The molecule has 2 rings (SSSR count). The molecule has 0 fully saturated rings. The van der Waals surface area contributed by atoms with Gasteiger partial charge in [0.2, 0.25) is 0 Å². The fourth-order valence-corrected chi connectivity index (χ4v) is 1.70. The van der Waals surface area contributed by atoms with Crippen molar-refractivity contribution in [2.24, 2.45) is 0 Å².